The number of carbonyl (C=O) groups excluding carboxylic acids is 1. The van der Waals surface area contributed by atoms with E-state index in [4.69, 9.17) is 4.74 Å². The molecule has 1 saturated heterocycles. The van der Waals surface area contributed by atoms with Crippen molar-refractivity contribution in [2.24, 2.45) is 0 Å². The summed E-state index contributed by atoms with van der Waals surface area (Å²) in [4.78, 5) is 14.6. The van der Waals surface area contributed by atoms with Gasteiger partial charge in [0.1, 0.15) is 6.61 Å². The van der Waals surface area contributed by atoms with Crippen LogP contribution in [0.25, 0.3) is 0 Å². The van der Waals surface area contributed by atoms with Gasteiger partial charge >= 0.3 is 0 Å². The number of hydrogen-bond acceptors (Lipinski definition) is 4. The number of methoxy groups -OCH3 is 1. The van der Waals surface area contributed by atoms with Gasteiger partial charge < -0.3 is 14.7 Å². The monoisotopic (exact) mass is 269 g/mol. The van der Waals surface area contributed by atoms with Crippen LogP contribution in [-0.4, -0.2) is 48.8 Å². The molecule has 0 unspecified atom stereocenters. The zero-order chi connectivity index (χ0) is 13.1. The van der Waals surface area contributed by atoms with E-state index < -0.39 is 6.10 Å². The van der Waals surface area contributed by atoms with E-state index in [0.717, 1.165) is 6.42 Å². The lowest BCUT2D eigenvalue weighted by atomic mass is 9.90. The highest BCUT2D eigenvalue weighted by Gasteiger charge is 2.32. The van der Waals surface area contributed by atoms with E-state index in [1.165, 1.54) is 17.6 Å². The Morgan fingerprint density at radius 2 is 2.44 bits per heavy atom. The number of aryl methyl sites for hydroxylation is 1. The quantitative estimate of drug-likeness (QED) is 0.902. The zero-order valence-electron chi connectivity index (χ0n) is 10.8. The van der Waals surface area contributed by atoms with Crippen molar-refractivity contribution < 1.29 is 14.6 Å². The van der Waals surface area contributed by atoms with Gasteiger partial charge in [-0.2, -0.15) is 0 Å². The number of likely N-dealkylation sites (tertiary alicyclic amines) is 1. The van der Waals surface area contributed by atoms with Crippen LogP contribution in [0.3, 0.4) is 0 Å². The van der Waals surface area contributed by atoms with Crippen molar-refractivity contribution >= 4 is 17.2 Å². The third-order valence-electron chi connectivity index (χ3n) is 3.44. The third-order valence-corrected chi connectivity index (χ3v) is 4.59. The molecule has 1 aromatic heterocycles. The summed E-state index contributed by atoms with van der Waals surface area (Å²) in [6.45, 7) is 3.27. The van der Waals surface area contributed by atoms with E-state index in [1.807, 2.05) is 0 Å². The molecule has 2 heterocycles. The Hall–Kier alpha value is -0.910. The molecule has 2 atom stereocenters. The molecular weight excluding hydrogens is 250 g/mol. The summed E-state index contributed by atoms with van der Waals surface area (Å²) in [6, 6.07) is 2.08. The van der Waals surface area contributed by atoms with Gasteiger partial charge in [0.15, 0.2) is 0 Å². The molecule has 4 nitrogen and oxygen atoms in total. The second-order valence-corrected chi connectivity index (χ2v) is 5.65. The lowest BCUT2D eigenvalue weighted by Crippen LogP contribution is -2.46. The first-order chi connectivity index (χ1) is 8.63. The van der Waals surface area contributed by atoms with Crippen molar-refractivity contribution in [2.45, 2.75) is 25.4 Å². The fourth-order valence-corrected chi connectivity index (χ4v) is 3.57. The number of ether oxygens (including phenoxy) is 1. The lowest BCUT2D eigenvalue weighted by molar-refractivity contribution is -0.138. The van der Waals surface area contributed by atoms with Crippen LogP contribution in [0.2, 0.25) is 0 Å². The smallest absolute Gasteiger partial charge is 0.248 e. The number of rotatable bonds is 3. The number of aliphatic hydroxyl groups is 1. The Balaban J connectivity index is 2.01. The molecule has 1 aliphatic rings. The first-order valence-electron chi connectivity index (χ1n) is 6.12. The van der Waals surface area contributed by atoms with E-state index in [9.17, 15) is 9.90 Å². The molecule has 0 bridgehead atoms. The van der Waals surface area contributed by atoms with Gasteiger partial charge in [0, 0.05) is 31.0 Å². The second-order valence-electron chi connectivity index (χ2n) is 4.70. The molecule has 1 fully saturated rings. The summed E-state index contributed by atoms with van der Waals surface area (Å²) in [5, 5.41) is 12.3. The number of β-amino-alcohol motifs (C(OH)–C–C–N with tert-alkyl or cyclic N) is 1. The molecule has 1 aliphatic heterocycles. The van der Waals surface area contributed by atoms with Crippen molar-refractivity contribution in [3.05, 3.63) is 21.9 Å². The summed E-state index contributed by atoms with van der Waals surface area (Å²) in [5.41, 5.74) is 1.24. The van der Waals surface area contributed by atoms with Gasteiger partial charge in [-0.25, -0.2) is 0 Å². The SMILES string of the molecule is COCC(=O)N1CC[C@@H](c2sccc2C)[C@H](O)C1. The van der Waals surface area contributed by atoms with E-state index >= 15 is 0 Å². The molecule has 0 spiro atoms. The summed E-state index contributed by atoms with van der Waals surface area (Å²) in [7, 11) is 1.51. The average molecular weight is 269 g/mol. The first-order valence-corrected chi connectivity index (χ1v) is 7.00. The van der Waals surface area contributed by atoms with Gasteiger partial charge in [0.2, 0.25) is 5.91 Å². The van der Waals surface area contributed by atoms with Gasteiger partial charge in [-0.1, -0.05) is 0 Å². The fourth-order valence-electron chi connectivity index (χ4n) is 2.44. The largest absolute Gasteiger partial charge is 0.391 e. The summed E-state index contributed by atoms with van der Waals surface area (Å²) < 4.78 is 4.84. The Labute approximate surface area is 111 Å². The van der Waals surface area contributed by atoms with Crippen molar-refractivity contribution in [3.8, 4) is 0 Å². The fraction of sp³-hybridized carbons (Fsp3) is 0.615. The van der Waals surface area contributed by atoms with Gasteiger partial charge in [-0.05, 0) is 30.4 Å². The Kier molecular flexibility index (Phi) is 4.37. The maximum absolute atomic E-state index is 11.7. The summed E-state index contributed by atoms with van der Waals surface area (Å²) >= 11 is 1.69. The minimum atomic E-state index is -0.475. The van der Waals surface area contributed by atoms with Crippen LogP contribution in [0, 0.1) is 6.92 Å². The molecule has 0 saturated carbocycles. The van der Waals surface area contributed by atoms with Crippen LogP contribution in [0.1, 0.15) is 22.8 Å². The van der Waals surface area contributed by atoms with Crippen LogP contribution in [0.4, 0.5) is 0 Å². The highest BCUT2D eigenvalue weighted by atomic mass is 32.1. The normalized spacial score (nSPS) is 24.3. The van der Waals surface area contributed by atoms with Gasteiger partial charge in [-0.3, -0.25) is 4.79 Å². The molecule has 1 N–H and O–H groups in total. The highest BCUT2D eigenvalue weighted by molar-refractivity contribution is 7.10. The second kappa shape index (κ2) is 5.82. The molecule has 1 amide bonds. The van der Waals surface area contributed by atoms with Crippen LogP contribution in [0.5, 0.6) is 0 Å². The van der Waals surface area contributed by atoms with Crippen LogP contribution in [0.15, 0.2) is 11.4 Å². The molecule has 5 heteroatoms. The Morgan fingerprint density at radius 3 is 3.00 bits per heavy atom. The number of aliphatic hydroxyl groups excluding tert-OH is 1. The van der Waals surface area contributed by atoms with E-state index in [0.29, 0.717) is 13.1 Å². The van der Waals surface area contributed by atoms with Crippen molar-refractivity contribution in [2.75, 3.05) is 26.8 Å². The van der Waals surface area contributed by atoms with E-state index in [2.05, 4.69) is 18.4 Å². The van der Waals surface area contributed by atoms with Crippen molar-refractivity contribution in [1.29, 1.82) is 0 Å². The Bertz CT molecular complexity index is 418. The number of carbonyl (C=O) groups is 1. The first kappa shape index (κ1) is 13.5. The minimum Gasteiger partial charge on any atom is -0.391 e. The maximum atomic E-state index is 11.7. The summed E-state index contributed by atoms with van der Waals surface area (Å²) in [5.74, 6) is 0.120. The zero-order valence-corrected chi connectivity index (χ0v) is 11.6. The maximum Gasteiger partial charge on any atom is 0.248 e. The number of piperidine rings is 1. The third kappa shape index (κ3) is 2.74. The van der Waals surface area contributed by atoms with Gasteiger partial charge in [0.25, 0.3) is 0 Å². The highest BCUT2D eigenvalue weighted by Crippen LogP contribution is 2.34. The lowest BCUT2D eigenvalue weighted by Gasteiger charge is -2.35. The van der Waals surface area contributed by atoms with Crippen molar-refractivity contribution in [3.63, 3.8) is 0 Å². The molecule has 0 aromatic carbocycles. The molecule has 2 rings (SSSR count). The number of thiophene rings is 1. The number of nitrogens with zero attached hydrogens (tertiary/aromatic N) is 1. The molecule has 1 aromatic rings. The average Bonchev–Trinajstić information content (AvgIpc) is 2.75. The summed E-state index contributed by atoms with van der Waals surface area (Å²) in [6.07, 6.45) is 0.342. The molecular formula is C13H19NO3S. The van der Waals surface area contributed by atoms with Crippen LogP contribution < -0.4 is 0 Å². The number of amides is 1. The van der Waals surface area contributed by atoms with Crippen molar-refractivity contribution in [1.82, 2.24) is 4.90 Å². The van der Waals surface area contributed by atoms with Crippen LogP contribution >= 0.6 is 11.3 Å². The Morgan fingerprint density at radius 1 is 1.67 bits per heavy atom. The predicted molar refractivity (Wildman–Crippen MR) is 70.9 cm³/mol. The molecule has 18 heavy (non-hydrogen) atoms. The number of hydrogen-bond donors (Lipinski definition) is 1. The molecule has 0 aliphatic carbocycles. The van der Waals surface area contributed by atoms with Crippen LogP contribution in [-0.2, 0) is 9.53 Å². The molecule has 100 valence electrons. The van der Waals surface area contributed by atoms with E-state index in [1.54, 1.807) is 16.2 Å². The minimum absolute atomic E-state index is 0.0436. The van der Waals surface area contributed by atoms with Gasteiger partial charge in [0.05, 0.1) is 6.10 Å². The topological polar surface area (TPSA) is 49.8 Å². The van der Waals surface area contributed by atoms with E-state index in [-0.39, 0.29) is 18.4 Å². The standard InChI is InChI=1S/C13H19NO3S/c1-9-4-6-18-13(9)10-3-5-14(7-11(10)15)12(16)8-17-2/h4,6,10-11,15H,3,5,7-8H2,1-2H3/t10-,11-/m1/s1. The molecule has 0 radical (unpaired) electrons. The van der Waals surface area contributed by atoms with Gasteiger partial charge in [-0.15, -0.1) is 11.3 Å². The predicted octanol–water partition coefficient (Wildman–Crippen LogP) is 1.38.